The van der Waals surface area contributed by atoms with Crippen LogP contribution in [0.1, 0.15) is 64.5 Å². The lowest BCUT2D eigenvalue weighted by Crippen LogP contribution is -2.53. The van der Waals surface area contributed by atoms with Crippen LogP contribution in [-0.4, -0.2) is 50.0 Å². The Balaban J connectivity index is 2.48. The first-order chi connectivity index (χ1) is 16.5. The predicted molar refractivity (Wildman–Crippen MR) is 142 cm³/mol. The number of rotatable bonds is 12. The number of amides is 2. The van der Waals surface area contributed by atoms with Crippen LogP contribution in [0.2, 0.25) is 0 Å². The van der Waals surface area contributed by atoms with Crippen LogP contribution in [-0.2, 0) is 26.2 Å². The molecule has 2 aromatic rings. The van der Waals surface area contributed by atoms with Crippen LogP contribution in [0.25, 0.3) is 0 Å². The van der Waals surface area contributed by atoms with E-state index in [1.54, 1.807) is 12.1 Å². The van der Waals surface area contributed by atoms with E-state index in [9.17, 15) is 18.0 Å². The Hall–Kier alpha value is -2.87. The molecule has 2 aromatic carbocycles. The molecule has 0 aliphatic heterocycles. The molecule has 2 amide bonds. The van der Waals surface area contributed by atoms with E-state index in [4.69, 9.17) is 0 Å². The molecule has 0 spiro atoms. The van der Waals surface area contributed by atoms with Gasteiger partial charge in [0.1, 0.15) is 12.6 Å². The lowest BCUT2D eigenvalue weighted by Gasteiger charge is -2.34. The van der Waals surface area contributed by atoms with Gasteiger partial charge in [-0.3, -0.25) is 13.9 Å². The Kier molecular flexibility index (Phi) is 10.3. The van der Waals surface area contributed by atoms with Crippen LogP contribution in [0.4, 0.5) is 5.69 Å². The van der Waals surface area contributed by atoms with E-state index < -0.39 is 22.0 Å². The maximum atomic E-state index is 13.8. The average Bonchev–Trinajstić information content (AvgIpc) is 2.82. The molecule has 7 nitrogen and oxygen atoms in total. The zero-order valence-electron chi connectivity index (χ0n) is 21.7. The highest BCUT2D eigenvalue weighted by molar-refractivity contribution is 7.92. The van der Waals surface area contributed by atoms with Crippen molar-refractivity contribution in [2.24, 2.45) is 0 Å². The van der Waals surface area contributed by atoms with Gasteiger partial charge in [-0.1, -0.05) is 76.2 Å². The van der Waals surface area contributed by atoms with Gasteiger partial charge >= 0.3 is 0 Å². The summed E-state index contributed by atoms with van der Waals surface area (Å²) in [6.45, 7) is 9.54. The number of benzene rings is 2. The molecule has 8 heteroatoms. The molecule has 0 aliphatic carbocycles. The van der Waals surface area contributed by atoms with Gasteiger partial charge in [0, 0.05) is 12.6 Å². The van der Waals surface area contributed by atoms with Gasteiger partial charge in [0.2, 0.25) is 21.8 Å². The topological polar surface area (TPSA) is 86.8 Å². The van der Waals surface area contributed by atoms with Crippen LogP contribution in [0.15, 0.2) is 54.6 Å². The monoisotopic (exact) mass is 501 g/mol. The van der Waals surface area contributed by atoms with Gasteiger partial charge in [-0.05, 0) is 42.9 Å². The molecule has 35 heavy (non-hydrogen) atoms. The minimum absolute atomic E-state index is 0.0318. The highest BCUT2D eigenvalue weighted by Gasteiger charge is 2.32. The lowest BCUT2D eigenvalue weighted by atomic mass is 10.0. The molecule has 2 atom stereocenters. The quantitative estimate of drug-likeness (QED) is 0.470. The summed E-state index contributed by atoms with van der Waals surface area (Å²) >= 11 is 0. The first-order valence-electron chi connectivity index (χ1n) is 12.2. The van der Waals surface area contributed by atoms with Crippen molar-refractivity contribution in [1.29, 1.82) is 0 Å². The summed E-state index contributed by atoms with van der Waals surface area (Å²) in [7, 11) is -3.77. The third kappa shape index (κ3) is 7.82. The van der Waals surface area contributed by atoms with E-state index in [-0.39, 0.29) is 31.0 Å². The fourth-order valence-electron chi connectivity index (χ4n) is 3.94. The summed E-state index contributed by atoms with van der Waals surface area (Å²) in [6.07, 6.45) is 2.27. The molecule has 0 saturated heterocycles. The summed E-state index contributed by atoms with van der Waals surface area (Å²) < 4.78 is 26.9. The molecule has 0 fully saturated rings. The summed E-state index contributed by atoms with van der Waals surface area (Å²) in [5, 5.41) is 2.98. The Morgan fingerprint density at radius 2 is 1.51 bits per heavy atom. The molecule has 0 radical (unpaired) electrons. The second-order valence-corrected chi connectivity index (χ2v) is 11.1. The maximum absolute atomic E-state index is 13.8. The molecule has 192 valence electrons. The number of sulfonamides is 1. The highest BCUT2D eigenvalue weighted by Crippen LogP contribution is 2.29. The largest absolute Gasteiger partial charge is 0.352 e. The number of hydrogen-bond donors (Lipinski definition) is 1. The number of hydrogen-bond acceptors (Lipinski definition) is 4. The third-order valence-corrected chi connectivity index (χ3v) is 7.22. The molecule has 0 aromatic heterocycles. The molecule has 0 heterocycles. The first-order valence-corrected chi connectivity index (χ1v) is 14.0. The van der Waals surface area contributed by atoms with Crippen molar-refractivity contribution in [1.82, 2.24) is 10.2 Å². The fraction of sp³-hybridized carbons (Fsp3) is 0.481. The summed E-state index contributed by atoms with van der Waals surface area (Å²) in [5.74, 6) is -0.598. The van der Waals surface area contributed by atoms with Crippen molar-refractivity contribution in [3.63, 3.8) is 0 Å². The van der Waals surface area contributed by atoms with Gasteiger partial charge in [-0.2, -0.15) is 0 Å². The highest BCUT2D eigenvalue weighted by atomic mass is 32.2. The Labute approximate surface area is 210 Å². The Bertz CT molecular complexity index is 1090. The fourth-order valence-corrected chi connectivity index (χ4v) is 4.81. The summed E-state index contributed by atoms with van der Waals surface area (Å²) in [6, 6.07) is 15.9. The van der Waals surface area contributed by atoms with E-state index in [0.717, 1.165) is 28.1 Å². The van der Waals surface area contributed by atoms with Crippen molar-refractivity contribution in [3.8, 4) is 0 Å². The van der Waals surface area contributed by atoms with Gasteiger partial charge in [0.25, 0.3) is 0 Å². The summed E-state index contributed by atoms with van der Waals surface area (Å²) in [4.78, 5) is 28.4. The normalized spacial score (nSPS) is 13.2. The van der Waals surface area contributed by atoms with Crippen LogP contribution in [0.5, 0.6) is 0 Å². The maximum Gasteiger partial charge on any atom is 0.244 e. The van der Waals surface area contributed by atoms with Crippen molar-refractivity contribution in [2.75, 3.05) is 17.1 Å². The second-order valence-electron chi connectivity index (χ2n) is 9.23. The van der Waals surface area contributed by atoms with E-state index in [1.807, 2.05) is 77.1 Å². The first kappa shape index (κ1) is 28.4. The third-order valence-electron chi connectivity index (χ3n) is 6.09. The number of nitrogens with zero attached hydrogens (tertiary/aromatic N) is 2. The van der Waals surface area contributed by atoms with Crippen molar-refractivity contribution in [3.05, 3.63) is 65.7 Å². The van der Waals surface area contributed by atoms with Crippen molar-refractivity contribution >= 4 is 27.5 Å². The van der Waals surface area contributed by atoms with E-state index in [1.165, 1.54) is 4.90 Å². The zero-order valence-corrected chi connectivity index (χ0v) is 22.5. The van der Waals surface area contributed by atoms with Crippen LogP contribution in [0, 0.1) is 0 Å². The lowest BCUT2D eigenvalue weighted by molar-refractivity contribution is -0.140. The number of anilines is 1. The van der Waals surface area contributed by atoms with Crippen LogP contribution < -0.4 is 9.62 Å². The van der Waals surface area contributed by atoms with E-state index in [2.05, 4.69) is 5.32 Å². The van der Waals surface area contributed by atoms with Crippen LogP contribution >= 0.6 is 0 Å². The standard InChI is InChI=1S/C27H39N3O4S/c1-7-21(5)28-27(32)24(8-2)29(18-22-14-10-9-11-15-22)26(31)19-30(35(6,33)34)25-17-13-12-16-23(25)20(3)4/h9-17,20-21,24H,7-8,18-19H2,1-6H3,(H,28,32). The van der Waals surface area contributed by atoms with E-state index in [0.29, 0.717) is 12.1 Å². The zero-order chi connectivity index (χ0) is 26.2. The number of carbonyl (C=O) groups is 2. The van der Waals surface area contributed by atoms with Crippen LogP contribution in [0.3, 0.4) is 0 Å². The minimum atomic E-state index is -3.77. The molecule has 2 unspecified atom stereocenters. The number of para-hydroxylation sites is 1. The van der Waals surface area contributed by atoms with Gasteiger partial charge < -0.3 is 10.2 Å². The smallest absolute Gasteiger partial charge is 0.244 e. The van der Waals surface area contributed by atoms with Crippen molar-refractivity contribution < 1.29 is 18.0 Å². The molecule has 1 N–H and O–H groups in total. The van der Waals surface area contributed by atoms with Gasteiger partial charge in [0.15, 0.2) is 0 Å². The van der Waals surface area contributed by atoms with Crippen molar-refractivity contribution in [2.45, 2.75) is 72.0 Å². The van der Waals surface area contributed by atoms with Gasteiger partial charge in [-0.25, -0.2) is 8.42 Å². The Morgan fingerprint density at radius 3 is 2.06 bits per heavy atom. The second kappa shape index (κ2) is 12.7. The molecule has 2 rings (SSSR count). The predicted octanol–water partition coefficient (Wildman–Crippen LogP) is 4.30. The molecular formula is C27H39N3O4S. The van der Waals surface area contributed by atoms with E-state index >= 15 is 0 Å². The summed E-state index contributed by atoms with van der Waals surface area (Å²) in [5.41, 5.74) is 2.18. The molecular weight excluding hydrogens is 462 g/mol. The minimum Gasteiger partial charge on any atom is -0.352 e. The van der Waals surface area contributed by atoms with Gasteiger partial charge in [0.05, 0.1) is 11.9 Å². The number of nitrogens with one attached hydrogen (secondary N) is 1. The SMILES string of the molecule is CCC(C)NC(=O)C(CC)N(Cc1ccccc1)C(=O)CN(c1ccccc1C(C)C)S(C)(=O)=O. The number of carbonyl (C=O) groups excluding carboxylic acids is 2. The molecule has 0 saturated carbocycles. The Morgan fingerprint density at radius 1 is 0.914 bits per heavy atom. The molecule has 0 bridgehead atoms. The average molecular weight is 502 g/mol. The molecule has 0 aliphatic rings. The van der Waals surface area contributed by atoms with Gasteiger partial charge in [-0.15, -0.1) is 0 Å².